The molecule has 18 heavy (non-hydrogen) atoms. The highest BCUT2D eigenvalue weighted by atomic mass is 19.1. The highest BCUT2D eigenvalue weighted by molar-refractivity contribution is 5.22. The van der Waals surface area contributed by atoms with Crippen LogP contribution in [0.25, 0.3) is 0 Å². The van der Waals surface area contributed by atoms with E-state index in [0.29, 0.717) is 17.6 Å². The van der Waals surface area contributed by atoms with E-state index in [1.54, 1.807) is 6.07 Å². The van der Waals surface area contributed by atoms with Crippen LogP contribution in [-0.4, -0.2) is 19.2 Å². The minimum absolute atomic E-state index is 0.182. The van der Waals surface area contributed by atoms with Crippen LogP contribution in [0.2, 0.25) is 0 Å². The summed E-state index contributed by atoms with van der Waals surface area (Å²) in [5, 5.41) is 3.37. The summed E-state index contributed by atoms with van der Waals surface area (Å²) in [4.78, 5) is 0. The smallest absolute Gasteiger partial charge is 0.126 e. The zero-order valence-corrected chi connectivity index (χ0v) is 11.2. The minimum Gasteiger partial charge on any atom is -0.490 e. The molecule has 0 saturated carbocycles. The van der Waals surface area contributed by atoms with E-state index in [-0.39, 0.29) is 11.9 Å². The van der Waals surface area contributed by atoms with Gasteiger partial charge < -0.3 is 10.1 Å². The van der Waals surface area contributed by atoms with Gasteiger partial charge in [-0.2, -0.15) is 0 Å². The minimum atomic E-state index is -0.236. The van der Waals surface area contributed by atoms with Crippen LogP contribution in [0.5, 0.6) is 5.75 Å². The van der Waals surface area contributed by atoms with Gasteiger partial charge in [-0.15, -0.1) is 0 Å². The van der Waals surface area contributed by atoms with E-state index in [4.69, 9.17) is 4.74 Å². The molecule has 2 nitrogen and oxygen atoms in total. The summed E-state index contributed by atoms with van der Waals surface area (Å²) < 4.78 is 19.2. The van der Waals surface area contributed by atoms with Gasteiger partial charge in [0.05, 0.1) is 0 Å². The van der Waals surface area contributed by atoms with Crippen molar-refractivity contribution in [2.24, 2.45) is 11.8 Å². The molecule has 0 radical (unpaired) electrons. The fourth-order valence-electron chi connectivity index (χ4n) is 2.51. The summed E-state index contributed by atoms with van der Waals surface area (Å²) in [7, 11) is 0. The van der Waals surface area contributed by atoms with Crippen molar-refractivity contribution < 1.29 is 9.13 Å². The first-order chi connectivity index (χ1) is 8.65. The molecule has 2 atom stereocenters. The third-order valence-electron chi connectivity index (χ3n) is 3.41. The van der Waals surface area contributed by atoms with Gasteiger partial charge in [0.25, 0.3) is 0 Å². The van der Waals surface area contributed by atoms with E-state index in [0.717, 1.165) is 25.9 Å². The molecule has 1 aliphatic heterocycles. The summed E-state index contributed by atoms with van der Waals surface area (Å²) in [6, 6.07) is 6.44. The van der Waals surface area contributed by atoms with Gasteiger partial charge in [0.2, 0.25) is 0 Å². The van der Waals surface area contributed by atoms with Crippen LogP contribution in [0, 0.1) is 17.7 Å². The van der Waals surface area contributed by atoms with Crippen LogP contribution in [0.4, 0.5) is 4.39 Å². The van der Waals surface area contributed by atoms with Gasteiger partial charge in [-0.1, -0.05) is 19.9 Å². The Hall–Kier alpha value is -1.09. The number of hydrogen-bond donors (Lipinski definition) is 1. The first kappa shape index (κ1) is 13.3. The quantitative estimate of drug-likeness (QED) is 0.867. The van der Waals surface area contributed by atoms with Crippen molar-refractivity contribution in [1.29, 1.82) is 0 Å². The number of nitrogens with one attached hydrogen (secondary N) is 1. The van der Waals surface area contributed by atoms with Crippen molar-refractivity contribution in [3.63, 3.8) is 0 Å². The molecule has 3 heteroatoms. The molecule has 2 rings (SSSR count). The highest BCUT2D eigenvalue weighted by Gasteiger charge is 2.27. The summed E-state index contributed by atoms with van der Waals surface area (Å²) >= 11 is 0. The molecule has 100 valence electrons. The van der Waals surface area contributed by atoms with Gasteiger partial charge >= 0.3 is 0 Å². The molecule has 0 spiro atoms. The van der Waals surface area contributed by atoms with Gasteiger partial charge in [-0.25, -0.2) is 4.39 Å². The van der Waals surface area contributed by atoms with Gasteiger partial charge in [-0.05, 0) is 37.4 Å². The van der Waals surface area contributed by atoms with Crippen LogP contribution < -0.4 is 10.1 Å². The van der Waals surface area contributed by atoms with Gasteiger partial charge in [0.1, 0.15) is 17.7 Å². The molecule has 1 aromatic carbocycles. The maximum Gasteiger partial charge on any atom is 0.126 e. The van der Waals surface area contributed by atoms with Gasteiger partial charge in [0.15, 0.2) is 0 Å². The van der Waals surface area contributed by atoms with E-state index in [1.165, 1.54) is 12.1 Å². The topological polar surface area (TPSA) is 21.3 Å². The number of hydrogen-bond acceptors (Lipinski definition) is 2. The molecule has 1 aliphatic rings. The van der Waals surface area contributed by atoms with Crippen molar-refractivity contribution in [1.82, 2.24) is 5.32 Å². The molecule has 2 unspecified atom stereocenters. The Morgan fingerprint density at radius 2 is 2.28 bits per heavy atom. The van der Waals surface area contributed by atoms with E-state index < -0.39 is 0 Å². The lowest BCUT2D eigenvalue weighted by atomic mass is 9.93. The molecule has 0 bridgehead atoms. The lowest BCUT2D eigenvalue weighted by Crippen LogP contribution is -2.30. The summed E-state index contributed by atoms with van der Waals surface area (Å²) in [6.07, 6.45) is 2.34. The van der Waals surface area contributed by atoms with E-state index >= 15 is 0 Å². The van der Waals surface area contributed by atoms with Crippen LogP contribution in [0.1, 0.15) is 26.7 Å². The van der Waals surface area contributed by atoms with Crippen LogP contribution in [-0.2, 0) is 0 Å². The molecule has 1 saturated heterocycles. The molecular weight excluding hydrogens is 229 g/mol. The lowest BCUT2D eigenvalue weighted by molar-refractivity contribution is 0.119. The third kappa shape index (κ3) is 3.70. The van der Waals surface area contributed by atoms with Crippen LogP contribution in [0.3, 0.4) is 0 Å². The maximum atomic E-state index is 13.2. The Labute approximate surface area is 109 Å². The molecule has 1 heterocycles. The van der Waals surface area contributed by atoms with Crippen molar-refractivity contribution in [2.75, 3.05) is 13.1 Å². The standard InChI is InChI=1S/C15H22FNO/c1-11(2)8-15(12-6-7-17-10-12)18-14-5-3-4-13(16)9-14/h3-5,9,11-12,15,17H,6-8,10H2,1-2H3. The summed E-state index contributed by atoms with van der Waals surface area (Å²) in [5.41, 5.74) is 0. The molecule has 1 fully saturated rings. The second-order valence-electron chi connectivity index (χ2n) is 5.50. The van der Waals surface area contributed by atoms with Crippen LogP contribution >= 0.6 is 0 Å². The monoisotopic (exact) mass is 251 g/mol. The largest absolute Gasteiger partial charge is 0.490 e. The Kier molecular flexibility index (Phi) is 4.59. The zero-order chi connectivity index (χ0) is 13.0. The lowest BCUT2D eigenvalue weighted by Gasteiger charge is -2.26. The summed E-state index contributed by atoms with van der Waals surface area (Å²) in [6.45, 7) is 6.47. The fourth-order valence-corrected chi connectivity index (χ4v) is 2.51. The van der Waals surface area contributed by atoms with Crippen molar-refractivity contribution in [2.45, 2.75) is 32.8 Å². The van der Waals surface area contributed by atoms with Crippen molar-refractivity contribution >= 4 is 0 Å². The van der Waals surface area contributed by atoms with Crippen molar-refractivity contribution in [3.05, 3.63) is 30.1 Å². The van der Waals surface area contributed by atoms with E-state index in [2.05, 4.69) is 19.2 Å². The summed E-state index contributed by atoms with van der Waals surface area (Å²) in [5.74, 6) is 1.53. The molecule has 1 aromatic rings. The average Bonchev–Trinajstić information content (AvgIpc) is 2.80. The molecule has 0 aromatic heterocycles. The number of halogens is 1. The first-order valence-electron chi connectivity index (χ1n) is 6.78. The Morgan fingerprint density at radius 3 is 2.89 bits per heavy atom. The predicted octanol–water partition coefficient (Wildman–Crippen LogP) is 3.23. The van der Waals surface area contributed by atoms with E-state index in [1.807, 2.05) is 6.07 Å². The number of rotatable bonds is 5. The molecule has 0 amide bonds. The normalized spacial score (nSPS) is 21.2. The van der Waals surface area contributed by atoms with Gasteiger partial charge in [-0.3, -0.25) is 0 Å². The SMILES string of the molecule is CC(C)CC(Oc1cccc(F)c1)C1CCNC1. The van der Waals surface area contributed by atoms with Gasteiger partial charge in [0, 0.05) is 18.5 Å². The number of benzene rings is 1. The highest BCUT2D eigenvalue weighted by Crippen LogP contribution is 2.25. The first-order valence-corrected chi connectivity index (χ1v) is 6.78. The fraction of sp³-hybridized carbons (Fsp3) is 0.600. The maximum absolute atomic E-state index is 13.2. The second-order valence-corrected chi connectivity index (χ2v) is 5.50. The molecule has 0 aliphatic carbocycles. The Morgan fingerprint density at radius 1 is 1.44 bits per heavy atom. The second kappa shape index (κ2) is 6.19. The predicted molar refractivity (Wildman–Crippen MR) is 71.2 cm³/mol. The Bertz CT molecular complexity index is 375. The van der Waals surface area contributed by atoms with Crippen molar-refractivity contribution in [3.8, 4) is 5.75 Å². The number of ether oxygens (including phenoxy) is 1. The third-order valence-corrected chi connectivity index (χ3v) is 3.41. The van der Waals surface area contributed by atoms with E-state index in [9.17, 15) is 4.39 Å². The molecule has 1 N–H and O–H groups in total. The Balaban J connectivity index is 2.04. The molecular formula is C15H22FNO. The average molecular weight is 251 g/mol. The van der Waals surface area contributed by atoms with Crippen LogP contribution in [0.15, 0.2) is 24.3 Å². The zero-order valence-electron chi connectivity index (χ0n) is 11.2.